The SMILES string of the molecule is CCNC(=O)N[C@@H](CCC(=O)CCCCC(=O)N[C@@H](Cc1cnc[nH]1)C(=O)C[C@@H](Cc1ccc(OC2=C(/C=C/C3N(CCCCS(=O)(=O)O)c4ccccc4C3(C)C)CCC/C2=C\C=C2\N(CCCCS(=O)(=O)O)c3ccccc3C2(C)C)cc1)C(=O)O)C(=O)O. The molecule has 0 radical (unpaired) electrons. The van der Waals surface area contributed by atoms with Crippen LogP contribution in [0.5, 0.6) is 5.75 Å². The molecule has 91 heavy (non-hydrogen) atoms. The summed E-state index contributed by atoms with van der Waals surface area (Å²) in [5, 5.41) is 27.6. The topological polar surface area (TPSA) is 332 Å². The third-order valence-corrected chi connectivity index (χ3v) is 18.8. The molecule has 22 nitrogen and oxygen atoms in total. The molecule has 0 fully saturated rings. The second-order valence-corrected chi connectivity index (χ2v) is 27.8. The van der Waals surface area contributed by atoms with E-state index >= 15 is 0 Å². The van der Waals surface area contributed by atoms with E-state index in [0.29, 0.717) is 74.5 Å². The highest BCUT2D eigenvalue weighted by Gasteiger charge is 2.43. The van der Waals surface area contributed by atoms with Gasteiger partial charge in [-0.3, -0.25) is 28.3 Å². The molecule has 4 aromatic rings. The molecule has 7 rings (SSSR count). The van der Waals surface area contributed by atoms with Crippen molar-refractivity contribution in [1.29, 1.82) is 0 Å². The van der Waals surface area contributed by atoms with Gasteiger partial charge in [0.05, 0.1) is 35.8 Å². The number of imidazole rings is 1. The van der Waals surface area contributed by atoms with Crippen molar-refractivity contribution in [3.05, 3.63) is 155 Å². The minimum Gasteiger partial charge on any atom is -0.481 e. The van der Waals surface area contributed by atoms with Crippen molar-refractivity contribution in [3.63, 3.8) is 0 Å². The molecule has 1 aromatic heterocycles. The number of nitrogens with zero attached hydrogens (tertiary/aromatic N) is 3. The second kappa shape index (κ2) is 31.9. The van der Waals surface area contributed by atoms with Crippen molar-refractivity contribution in [1.82, 2.24) is 25.9 Å². The third-order valence-electron chi connectivity index (χ3n) is 17.2. The van der Waals surface area contributed by atoms with Crippen LogP contribution >= 0.6 is 0 Å². The summed E-state index contributed by atoms with van der Waals surface area (Å²) in [5.74, 6) is -4.44. The monoisotopic (exact) mass is 1290 g/mol. The highest BCUT2D eigenvalue weighted by Crippen LogP contribution is 2.49. The molecule has 3 aromatic carbocycles. The number of fused-ring (bicyclic) bond motifs is 2. The normalized spacial score (nSPS) is 18.0. The number of carbonyl (C=O) groups excluding carboxylic acids is 4. The number of para-hydroxylation sites is 2. The number of allylic oxidation sites excluding steroid dienone is 6. The van der Waals surface area contributed by atoms with Gasteiger partial charge in [0.1, 0.15) is 23.3 Å². The van der Waals surface area contributed by atoms with Crippen LogP contribution < -0.4 is 30.5 Å². The fourth-order valence-electron chi connectivity index (χ4n) is 12.3. The Labute approximate surface area is 533 Å². The van der Waals surface area contributed by atoms with E-state index < -0.39 is 79.7 Å². The maximum absolute atomic E-state index is 14.1. The number of aliphatic carboxylic acids is 2. The average Bonchev–Trinajstić information content (AvgIpc) is 1.63. The highest BCUT2D eigenvalue weighted by atomic mass is 32.2. The number of ketones is 2. The molecular weight excluding hydrogens is 1210 g/mol. The summed E-state index contributed by atoms with van der Waals surface area (Å²) in [6.45, 7) is 11.7. The van der Waals surface area contributed by atoms with Gasteiger partial charge < -0.3 is 45.7 Å². The summed E-state index contributed by atoms with van der Waals surface area (Å²) in [6, 6.07) is 20.2. The van der Waals surface area contributed by atoms with Gasteiger partial charge in [0.2, 0.25) is 5.91 Å². The van der Waals surface area contributed by atoms with Crippen molar-refractivity contribution in [3.8, 4) is 5.75 Å². The zero-order valence-corrected chi connectivity index (χ0v) is 54.1. The van der Waals surface area contributed by atoms with Crippen molar-refractivity contribution in [2.45, 2.75) is 166 Å². The van der Waals surface area contributed by atoms with Gasteiger partial charge in [-0.05, 0) is 136 Å². The first-order chi connectivity index (χ1) is 43.1. The number of unbranched alkanes of at least 4 members (excludes halogenated alkanes) is 3. The van der Waals surface area contributed by atoms with Crippen molar-refractivity contribution < 1.29 is 69.7 Å². The minimum absolute atomic E-state index is 0.0183. The Hall–Kier alpha value is -7.93. The predicted molar refractivity (Wildman–Crippen MR) is 347 cm³/mol. The third kappa shape index (κ3) is 20.0. The molecule has 3 amide bonds. The molecule has 0 bridgehead atoms. The number of ether oxygens (including phenoxy) is 1. The number of aromatic nitrogens is 2. The number of carboxylic acids is 2. The average molecular weight is 1290 g/mol. The molecule has 3 heterocycles. The van der Waals surface area contributed by atoms with E-state index in [1.54, 1.807) is 31.2 Å². The van der Waals surface area contributed by atoms with E-state index in [2.05, 4.69) is 112 Å². The zero-order chi connectivity index (χ0) is 66.1. The Morgan fingerprint density at radius 3 is 2.05 bits per heavy atom. The maximum Gasteiger partial charge on any atom is 0.326 e. The van der Waals surface area contributed by atoms with Gasteiger partial charge in [-0.15, -0.1) is 0 Å². The molecule has 0 spiro atoms. The number of nitrogens with one attached hydrogen (secondary N) is 4. The molecule has 1 unspecified atom stereocenters. The molecule has 24 heteroatoms. The largest absolute Gasteiger partial charge is 0.481 e. The first-order valence-corrected chi connectivity index (χ1v) is 34.4. The van der Waals surface area contributed by atoms with Crippen LogP contribution in [-0.4, -0.2) is 131 Å². The number of aromatic amines is 1. The van der Waals surface area contributed by atoms with Gasteiger partial charge in [0.25, 0.3) is 20.2 Å². The van der Waals surface area contributed by atoms with Crippen LogP contribution in [0.1, 0.15) is 147 Å². The van der Waals surface area contributed by atoms with Crippen molar-refractivity contribution in [2.24, 2.45) is 5.92 Å². The number of hydrogen-bond donors (Lipinski definition) is 8. The lowest BCUT2D eigenvalue weighted by Gasteiger charge is -2.33. The lowest BCUT2D eigenvalue weighted by molar-refractivity contribution is -0.144. The van der Waals surface area contributed by atoms with Gasteiger partial charge in [0.15, 0.2) is 5.78 Å². The molecular formula is C67H87N7O15S2. The molecule has 0 saturated heterocycles. The minimum atomic E-state index is -4.13. The van der Waals surface area contributed by atoms with Gasteiger partial charge in [0, 0.05) is 91.5 Å². The van der Waals surface area contributed by atoms with Crippen molar-refractivity contribution in [2.75, 3.05) is 40.9 Å². The summed E-state index contributed by atoms with van der Waals surface area (Å²) < 4.78 is 72.7. The number of benzene rings is 3. The Kier molecular flexibility index (Phi) is 24.7. The Balaban J connectivity index is 1.11. The lowest BCUT2D eigenvalue weighted by Crippen LogP contribution is -2.46. The van der Waals surface area contributed by atoms with Crippen LogP contribution in [0.3, 0.4) is 0 Å². The number of urea groups is 1. The summed E-state index contributed by atoms with van der Waals surface area (Å²) in [6.07, 6.45) is 15.1. The van der Waals surface area contributed by atoms with E-state index in [1.165, 1.54) is 12.5 Å². The number of hydrogen-bond acceptors (Lipinski definition) is 14. The maximum atomic E-state index is 14.1. The van der Waals surface area contributed by atoms with Gasteiger partial charge >= 0.3 is 18.0 Å². The van der Waals surface area contributed by atoms with Gasteiger partial charge in [-0.2, -0.15) is 16.8 Å². The highest BCUT2D eigenvalue weighted by molar-refractivity contribution is 7.86. The number of H-pyrrole nitrogens is 1. The number of amides is 3. The molecule has 492 valence electrons. The summed E-state index contributed by atoms with van der Waals surface area (Å²) in [4.78, 5) is 87.9. The summed E-state index contributed by atoms with van der Waals surface area (Å²) in [5.41, 5.74) is 7.49. The quantitative estimate of drug-likeness (QED) is 0.0157. The molecule has 0 saturated carbocycles. The molecule has 2 aliphatic heterocycles. The summed E-state index contributed by atoms with van der Waals surface area (Å²) >= 11 is 0. The van der Waals surface area contributed by atoms with Crippen LogP contribution in [0.15, 0.2) is 132 Å². The number of carboxylic acid groups (broad SMARTS) is 2. The van der Waals surface area contributed by atoms with Crippen LogP contribution in [-0.2, 0) is 67.9 Å². The predicted octanol–water partition coefficient (Wildman–Crippen LogP) is 9.51. The number of rotatable bonds is 35. The molecule has 1 aliphatic carbocycles. The Bertz CT molecular complexity index is 3600. The number of Topliss-reactive ketones (excluding diaryl/α,β-unsaturated/α-hetero) is 2. The van der Waals surface area contributed by atoms with E-state index in [4.69, 9.17) is 4.74 Å². The fourth-order valence-corrected chi connectivity index (χ4v) is 13.5. The van der Waals surface area contributed by atoms with Crippen LogP contribution in [0.25, 0.3) is 0 Å². The Morgan fingerprint density at radius 1 is 0.747 bits per heavy atom. The van der Waals surface area contributed by atoms with Gasteiger partial charge in [-0.25, -0.2) is 14.6 Å². The molecule has 3 aliphatic rings. The van der Waals surface area contributed by atoms with Gasteiger partial charge in [-0.1, -0.05) is 94.5 Å². The number of carbonyl (C=O) groups is 6. The van der Waals surface area contributed by atoms with Crippen molar-refractivity contribution >= 4 is 67.1 Å². The first kappa shape index (κ1) is 70.5. The molecule has 8 N–H and O–H groups in total. The van der Waals surface area contributed by atoms with E-state index in [0.717, 1.165) is 45.8 Å². The Morgan fingerprint density at radius 2 is 1.41 bits per heavy atom. The summed E-state index contributed by atoms with van der Waals surface area (Å²) in [7, 11) is -8.26. The number of anilines is 2. The standard InChI is InChI=1S/C67H87N7O15S2/c1-6-69-65(82)72-54(64(80)81)33-30-50(75)20-7-12-25-61(77)71-55(42-49-43-68-44-70-49)58(76)41-48(63(78)79)40-45-26-31-51(32-27-45)89-62-46(28-34-59-66(2,3)52-21-8-10-23-56(52)73(59)36-13-15-38-90(83,84)85)18-17-19-47(62)29-35-60-67(4,5)53-22-9-11-24-57(53)74(60)37-14-16-39-91(86,87)88/h8-11,21-24,26-29,31-32,34-35,43-44,48,54-55,59H,6-7,12-20,25,30,33,36-42H2,1-5H3,(H,68,70)(H,71,77)(H,78,79)(H,80,81)(H2,69,72,82)(H,83,84,85)(H,86,87,88)/b34-28+,47-29+,60-35+/t48-,54+,55+,59?/m1/s1. The lowest BCUT2D eigenvalue weighted by atomic mass is 9.80. The van der Waals surface area contributed by atoms with Crippen LogP contribution in [0.4, 0.5) is 16.2 Å². The second-order valence-electron chi connectivity index (χ2n) is 24.7. The molecule has 4 atom stereocenters. The smallest absolute Gasteiger partial charge is 0.326 e. The fraction of sp³-hybridized carbons (Fsp3) is 0.478. The zero-order valence-electron chi connectivity index (χ0n) is 52.5. The van der Waals surface area contributed by atoms with Crippen LogP contribution in [0.2, 0.25) is 0 Å². The van der Waals surface area contributed by atoms with E-state index in [9.17, 15) is 64.9 Å². The first-order valence-electron chi connectivity index (χ1n) is 31.2. The van der Waals surface area contributed by atoms with Crippen LogP contribution in [0, 0.1) is 5.92 Å². The van der Waals surface area contributed by atoms with E-state index in [-0.39, 0.29) is 86.5 Å². The van der Waals surface area contributed by atoms with E-state index in [1.807, 2.05) is 24.3 Å².